The van der Waals surface area contributed by atoms with Crippen molar-refractivity contribution in [3.63, 3.8) is 0 Å². The molecule has 0 aliphatic heterocycles. The predicted octanol–water partition coefficient (Wildman–Crippen LogP) is 3.18. The van der Waals surface area contributed by atoms with Crippen molar-refractivity contribution in [1.82, 2.24) is 0 Å². The molecule has 116 valence electrons. The Morgan fingerprint density at radius 1 is 1.00 bits per heavy atom. The van der Waals surface area contributed by atoms with E-state index in [1.165, 1.54) is 0 Å². The van der Waals surface area contributed by atoms with Crippen LogP contribution in [0.25, 0.3) is 0 Å². The van der Waals surface area contributed by atoms with Crippen molar-refractivity contribution in [2.75, 3.05) is 24.6 Å². The molecule has 0 saturated heterocycles. The fraction of sp³-hybridized carbons (Fsp3) is 0.278. The maximum Gasteiger partial charge on any atom is 0.323 e. The summed E-state index contributed by atoms with van der Waals surface area (Å²) in [6, 6.07) is 19.6. The highest BCUT2D eigenvalue weighted by Crippen LogP contribution is 2.13. The minimum absolute atomic E-state index is 0.00268. The molecule has 4 nitrogen and oxygen atoms in total. The van der Waals surface area contributed by atoms with Gasteiger partial charge in [0.15, 0.2) is 0 Å². The van der Waals surface area contributed by atoms with E-state index in [1.54, 1.807) is 0 Å². The number of hydrogen-bond donors (Lipinski definition) is 1. The van der Waals surface area contributed by atoms with Crippen molar-refractivity contribution in [2.24, 2.45) is 0 Å². The molecule has 2 aromatic rings. The minimum Gasteiger partial charge on any atom is -0.480 e. The van der Waals surface area contributed by atoms with Crippen molar-refractivity contribution in [3.8, 4) is 0 Å². The molecule has 0 amide bonds. The Morgan fingerprint density at radius 3 is 2.27 bits per heavy atom. The highest BCUT2D eigenvalue weighted by Gasteiger charge is 2.09. The van der Waals surface area contributed by atoms with Crippen molar-refractivity contribution in [1.29, 1.82) is 0 Å². The van der Waals surface area contributed by atoms with Gasteiger partial charge in [-0.1, -0.05) is 48.5 Å². The Morgan fingerprint density at radius 2 is 1.64 bits per heavy atom. The van der Waals surface area contributed by atoms with Gasteiger partial charge in [-0.3, -0.25) is 4.79 Å². The largest absolute Gasteiger partial charge is 0.480 e. The number of anilines is 1. The van der Waals surface area contributed by atoms with Gasteiger partial charge in [0.05, 0.1) is 6.61 Å². The number of nitrogens with zero attached hydrogens (tertiary/aromatic N) is 1. The number of hydrogen-bond acceptors (Lipinski definition) is 3. The van der Waals surface area contributed by atoms with E-state index >= 15 is 0 Å². The van der Waals surface area contributed by atoms with E-state index in [-0.39, 0.29) is 6.54 Å². The third-order valence-electron chi connectivity index (χ3n) is 3.28. The number of ether oxygens (including phenoxy) is 1. The lowest BCUT2D eigenvalue weighted by atomic mass is 10.2. The van der Waals surface area contributed by atoms with E-state index in [1.807, 2.05) is 65.6 Å². The average molecular weight is 299 g/mol. The summed E-state index contributed by atoms with van der Waals surface area (Å²) in [4.78, 5) is 12.8. The van der Waals surface area contributed by atoms with Gasteiger partial charge < -0.3 is 14.7 Å². The van der Waals surface area contributed by atoms with E-state index in [4.69, 9.17) is 9.84 Å². The van der Waals surface area contributed by atoms with E-state index in [2.05, 4.69) is 0 Å². The summed E-state index contributed by atoms with van der Waals surface area (Å²) in [5.74, 6) is -0.825. The Bertz CT molecular complexity index is 557. The first kappa shape index (κ1) is 16.0. The Balaban J connectivity index is 1.75. The molecule has 0 unspecified atom stereocenters. The minimum atomic E-state index is -0.825. The lowest BCUT2D eigenvalue weighted by molar-refractivity contribution is -0.135. The van der Waals surface area contributed by atoms with Gasteiger partial charge in [-0.15, -0.1) is 0 Å². The van der Waals surface area contributed by atoms with Gasteiger partial charge in [0.1, 0.15) is 6.54 Å². The Hall–Kier alpha value is -2.33. The molecule has 0 fully saturated rings. The number of aliphatic carboxylic acids is 1. The number of para-hydroxylation sites is 1. The average Bonchev–Trinajstić information content (AvgIpc) is 2.55. The lowest BCUT2D eigenvalue weighted by Crippen LogP contribution is -2.31. The van der Waals surface area contributed by atoms with Crippen molar-refractivity contribution >= 4 is 11.7 Å². The van der Waals surface area contributed by atoms with Crippen LogP contribution >= 0.6 is 0 Å². The van der Waals surface area contributed by atoms with E-state index in [0.717, 1.165) is 17.7 Å². The summed E-state index contributed by atoms with van der Waals surface area (Å²) in [5, 5.41) is 9.02. The number of carbonyl (C=O) groups is 1. The standard InChI is InChI=1S/C18H21NO3/c20-18(21)14-19(17-10-5-2-6-11-17)12-7-13-22-15-16-8-3-1-4-9-16/h1-6,8-11H,7,12-15H2,(H,20,21). The van der Waals surface area contributed by atoms with Gasteiger partial charge >= 0.3 is 5.97 Å². The molecule has 0 aromatic heterocycles. The molecule has 22 heavy (non-hydrogen) atoms. The third-order valence-corrected chi connectivity index (χ3v) is 3.28. The third kappa shape index (κ3) is 5.58. The van der Waals surface area contributed by atoms with Crippen LogP contribution < -0.4 is 4.90 Å². The van der Waals surface area contributed by atoms with Gasteiger partial charge in [-0.2, -0.15) is 0 Å². The molecule has 2 rings (SSSR count). The summed E-state index contributed by atoms with van der Waals surface area (Å²) >= 11 is 0. The summed E-state index contributed by atoms with van der Waals surface area (Å²) in [7, 11) is 0. The van der Waals surface area contributed by atoms with Crippen LogP contribution in [0.5, 0.6) is 0 Å². The first-order valence-corrected chi connectivity index (χ1v) is 7.39. The van der Waals surface area contributed by atoms with E-state index in [0.29, 0.717) is 19.8 Å². The zero-order valence-corrected chi connectivity index (χ0v) is 12.5. The molecular weight excluding hydrogens is 278 g/mol. The summed E-state index contributed by atoms with van der Waals surface area (Å²) in [6.07, 6.45) is 0.787. The van der Waals surface area contributed by atoms with Crippen LogP contribution in [0, 0.1) is 0 Å². The molecule has 1 N–H and O–H groups in total. The molecule has 0 spiro atoms. The molecule has 0 bridgehead atoms. The second-order valence-corrected chi connectivity index (χ2v) is 5.04. The van der Waals surface area contributed by atoms with Crippen molar-refractivity contribution in [3.05, 3.63) is 66.2 Å². The molecular formula is C18H21NO3. The van der Waals surface area contributed by atoms with Crippen LogP contribution in [0.2, 0.25) is 0 Å². The molecule has 0 saturated carbocycles. The highest BCUT2D eigenvalue weighted by atomic mass is 16.5. The normalized spacial score (nSPS) is 10.4. The maximum absolute atomic E-state index is 11.0. The van der Waals surface area contributed by atoms with Gasteiger partial charge in [0.2, 0.25) is 0 Å². The summed E-state index contributed by atoms with van der Waals surface area (Å²) in [5.41, 5.74) is 2.07. The van der Waals surface area contributed by atoms with Gasteiger partial charge in [-0.25, -0.2) is 0 Å². The number of rotatable bonds is 9. The van der Waals surface area contributed by atoms with Crippen LogP contribution in [-0.4, -0.2) is 30.8 Å². The monoisotopic (exact) mass is 299 g/mol. The molecule has 0 radical (unpaired) electrons. The molecule has 0 aliphatic rings. The van der Waals surface area contributed by atoms with Crippen LogP contribution in [0.3, 0.4) is 0 Å². The van der Waals surface area contributed by atoms with E-state index in [9.17, 15) is 4.79 Å². The number of carboxylic acids is 1. The van der Waals surface area contributed by atoms with Crippen LogP contribution in [0.1, 0.15) is 12.0 Å². The first-order chi connectivity index (χ1) is 10.8. The summed E-state index contributed by atoms with van der Waals surface area (Å²) < 4.78 is 5.64. The Labute approximate surface area is 131 Å². The SMILES string of the molecule is O=C(O)CN(CCCOCc1ccccc1)c1ccccc1. The van der Waals surface area contributed by atoms with Crippen LogP contribution in [0.15, 0.2) is 60.7 Å². The highest BCUT2D eigenvalue weighted by molar-refractivity contribution is 5.73. The predicted molar refractivity (Wildman–Crippen MR) is 87.0 cm³/mol. The van der Waals surface area contributed by atoms with Crippen LogP contribution in [0.4, 0.5) is 5.69 Å². The summed E-state index contributed by atoms with van der Waals surface area (Å²) in [6.45, 7) is 1.86. The second kappa shape index (κ2) is 8.85. The van der Waals surface area contributed by atoms with Gasteiger partial charge in [-0.05, 0) is 24.1 Å². The number of carboxylic acid groups (broad SMARTS) is 1. The zero-order chi connectivity index (χ0) is 15.6. The molecule has 4 heteroatoms. The van der Waals surface area contributed by atoms with Gasteiger partial charge in [0.25, 0.3) is 0 Å². The molecule has 0 heterocycles. The van der Waals surface area contributed by atoms with E-state index < -0.39 is 5.97 Å². The molecule has 2 aromatic carbocycles. The van der Waals surface area contributed by atoms with Crippen molar-refractivity contribution in [2.45, 2.75) is 13.0 Å². The smallest absolute Gasteiger partial charge is 0.323 e. The maximum atomic E-state index is 11.0. The van der Waals surface area contributed by atoms with Crippen molar-refractivity contribution < 1.29 is 14.6 Å². The quantitative estimate of drug-likeness (QED) is 0.723. The second-order valence-electron chi connectivity index (χ2n) is 5.04. The Kier molecular flexibility index (Phi) is 6.45. The first-order valence-electron chi connectivity index (χ1n) is 7.39. The fourth-order valence-corrected chi connectivity index (χ4v) is 2.22. The molecule has 0 atom stereocenters. The molecule has 0 aliphatic carbocycles. The van der Waals surface area contributed by atoms with Gasteiger partial charge in [0, 0.05) is 18.8 Å². The fourth-order valence-electron chi connectivity index (χ4n) is 2.22. The zero-order valence-electron chi connectivity index (χ0n) is 12.5. The van der Waals surface area contributed by atoms with Crippen LogP contribution in [-0.2, 0) is 16.1 Å². The number of benzene rings is 2. The topological polar surface area (TPSA) is 49.8 Å². The lowest BCUT2D eigenvalue weighted by Gasteiger charge is -2.22.